The molecule has 3 amide bonds. The Morgan fingerprint density at radius 2 is 1.69 bits per heavy atom. The number of ether oxygens (including phenoxy) is 1. The predicted molar refractivity (Wildman–Crippen MR) is 193 cm³/mol. The molecular formula is C38H46N4O8S. The van der Waals surface area contributed by atoms with Crippen LogP contribution in [0.15, 0.2) is 53.4 Å². The zero-order valence-electron chi connectivity index (χ0n) is 29.9. The number of hydrogen-bond acceptors (Lipinski definition) is 8. The van der Waals surface area contributed by atoms with Crippen molar-refractivity contribution in [2.45, 2.75) is 102 Å². The van der Waals surface area contributed by atoms with Gasteiger partial charge in [-0.05, 0) is 124 Å². The quantitative estimate of drug-likeness (QED) is 0.164. The maximum Gasteiger partial charge on any atom is 0.410 e. The van der Waals surface area contributed by atoms with E-state index in [1.165, 1.54) is 18.0 Å². The smallest absolute Gasteiger partial charge is 0.410 e. The molecule has 1 heterocycles. The molecule has 0 aromatic heterocycles. The molecule has 1 atom stereocenters. The summed E-state index contributed by atoms with van der Waals surface area (Å²) in [6.07, 6.45) is 1.90. The largest absolute Gasteiger partial charge is 0.479 e. The van der Waals surface area contributed by atoms with Crippen LogP contribution in [0.2, 0.25) is 0 Å². The minimum absolute atomic E-state index is 0.0167. The molecule has 0 spiro atoms. The molecule has 272 valence electrons. The number of amides is 3. The van der Waals surface area contributed by atoms with Crippen LogP contribution in [0.25, 0.3) is 0 Å². The first-order chi connectivity index (χ1) is 23.9. The van der Waals surface area contributed by atoms with Gasteiger partial charge in [-0.3, -0.25) is 9.59 Å². The third-order valence-electron chi connectivity index (χ3n) is 8.96. The number of aliphatic carboxylic acids is 1. The highest BCUT2D eigenvalue weighted by molar-refractivity contribution is 7.92. The first-order valence-electron chi connectivity index (χ1n) is 17.0. The average molecular weight is 719 g/mol. The Bertz CT molecular complexity index is 1960. The lowest BCUT2D eigenvalue weighted by Gasteiger charge is -2.25. The summed E-state index contributed by atoms with van der Waals surface area (Å²) in [6.45, 7) is 9.52. The van der Waals surface area contributed by atoms with Crippen LogP contribution in [0.4, 0.5) is 16.2 Å². The van der Waals surface area contributed by atoms with Gasteiger partial charge >= 0.3 is 12.1 Å². The number of carbonyl (C=O) groups is 4. The third-order valence-corrected chi connectivity index (χ3v) is 11.3. The van der Waals surface area contributed by atoms with Crippen LogP contribution in [0.5, 0.6) is 0 Å². The van der Waals surface area contributed by atoms with Crippen LogP contribution in [0.3, 0.4) is 0 Å². The standard InChI is InChI=1S/C38H46N4O8S/c1-22-16-25(34(36(45)46)41-28-11-10-24-20-39-35(44)31(24)19-28)17-23(2)30(22)8-7-9-33(43)40-27-12-15-32(51(48,49)29-13-14-29)26(18-27)21-42(6)37(47)50-38(3,4)5/h10-12,15-19,29,34,41H,7-9,13-14,20-21H2,1-6H3,(H,39,44)(H,40,43)(H,45,46). The molecule has 5 rings (SSSR count). The Labute approximate surface area is 298 Å². The van der Waals surface area contributed by atoms with Gasteiger partial charge < -0.3 is 30.7 Å². The number of sulfone groups is 1. The van der Waals surface area contributed by atoms with Crippen molar-refractivity contribution in [3.8, 4) is 0 Å². The Morgan fingerprint density at radius 3 is 2.31 bits per heavy atom. The van der Waals surface area contributed by atoms with Crippen LogP contribution in [-0.4, -0.2) is 60.2 Å². The molecule has 3 aromatic carbocycles. The molecule has 13 heteroatoms. The fourth-order valence-corrected chi connectivity index (χ4v) is 8.13. The number of aryl methyl sites for hydroxylation is 2. The summed E-state index contributed by atoms with van der Waals surface area (Å²) >= 11 is 0. The van der Waals surface area contributed by atoms with Gasteiger partial charge in [0, 0.05) is 37.0 Å². The lowest BCUT2D eigenvalue weighted by atomic mass is 9.92. The highest BCUT2D eigenvalue weighted by Crippen LogP contribution is 2.36. The highest BCUT2D eigenvalue weighted by atomic mass is 32.2. The van der Waals surface area contributed by atoms with Crippen LogP contribution >= 0.6 is 0 Å². The summed E-state index contributed by atoms with van der Waals surface area (Å²) in [4.78, 5) is 51.6. The first kappa shape index (κ1) is 37.3. The van der Waals surface area contributed by atoms with Gasteiger partial charge in [-0.25, -0.2) is 18.0 Å². The maximum atomic E-state index is 13.2. The van der Waals surface area contributed by atoms with Crippen molar-refractivity contribution in [3.05, 3.63) is 87.5 Å². The van der Waals surface area contributed by atoms with Gasteiger partial charge in [0.2, 0.25) is 5.91 Å². The summed E-state index contributed by atoms with van der Waals surface area (Å²) in [5.74, 6) is -1.49. The van der Waals surface area contributed by atoms with Crippen molar-refractivity contribution in [1.82, 2.24) is 10.2 Å². The molecule has 1 fully saturated rings. The monoisotopic (exact) mass is 718 g/mol. The van der Waals surface area contributed by atoms with E-state index < -0.39 is 38.8 Å². The fourth-order valence-electron chi connectivity index (χ4n) is 6.27. The minimum Gasteiger partial charge on any atom is -0.479 e. The summed E-state index contributed by atoms with van der Waals surface area (Å²) in [7, 11) is -2.04. The number of rotatable bonds is 13. The highest BCUT2D eigenvalue weighted by Gasteiger charge is 2.38. The molecule has 3 aromatic rings. The fraction of sp³-hybridized carbons (Fsp3) is 0.421. The molecule has 12 nitrogen and oxygen atoms in total. The lowest BCUT2D eigenvalue weighted by Crippen LogP contribution is -2.34. The van der Waals surface area contributed by atoms with Gasteiger partial charge in [-0.2, -0.15) is 0 Å². The van der Waals surface area contributed by atoms with Gasteiger partial charge in [-0.15, -0.1) is 0 Å². The summed E-state index contributed by atoms with van der Waals surface area (Å²) in [6, 6.07) is 12.5. The normalized spacial score (nSPS) is 14.7. The van der Waals surface area contributed by atoms with Crippen molar-refractivity contribution in [3.63, 3.8) is 0 Å². The molecule has 1 aliphatic heterocycles. The number of anilines is 2. The van der Waals surface area contributed by atoms with E-state index in [-0.39, 0.29) is 29.7 Å². The van der Waals surface area contributed by atoms with Crippen LogP contribution in [0.1, 0.15) is 96.2 Å². The number of nitrogens with one attached hydrogen (secondary N) is 3. The van der Waals surface area contributed by atoms with Gasteiger partial charge in [0.1, 0.15) is 5.60 Å². The average Bonchev–Trinajstić information content (AvgIpc) is 3.84. The Kier molecular flexibility index (Phi) is 10.8. The number of carbonyl (C=O) groups excluding carboxylic acids is 3. The Hall–Kier alpha value is -4.91. The molecular weight excluding hydrogens is 673 g/mol. The van der Waals surface area contributed by atoms with Crippen molar-refractivity contribution in [1.29, 1.82) is 0 Å². The van der Waals surface area contributed by atoms with Crippen molar-refractivity contribution in [2.24, 2.45) is 0 Å². The topological polar surface area (TPSA) is 171 Å². The van der Waals surface area contributed by atoms with Gasteiger partial charge in [0.15, 0.2) is 15.9 Å². The second-order valence-corrected chi connectivity index (χ2v) is 16.6. The van der Waals surface area contributed by atoms with Crippen molar-refractivity contribution < 1.29 is 37.4 Å². The van der Waals surface area contributed by atoms with Crippen LogP contribution in [0, 0.1) is 13.8 Å². The van der Waals surface area contributed by atoms with Crippen LogP contribution < -0.4 is 16.0 Å². The van der Waals surface area contributed by atoms with E-state index in [1.807, 2.05) is 32.0 Å². The van der Waals surface area contributed by atoms with Gasteiger partial charge in [0.05, 0.1) is 16.7 Å². The second-order valence-electron chi connectivity index (χ2n) is 14.4. The molecule has 2 aliphatic rings. The number of hydrogen-bond donors (Lipinski definition) is 4. The molecule has 51 heavy (non-hydrogen) atoms. The maximum absolute atomic E-state index is 13.2. The minimum atomic E-state index is -3.58. The Balaban J connectivity index is 1.23. The predicted octanol–water partition coefficient (Wildman–Crippen LogP) is 6.05. The van der Waals surface area contributed by atoms with Gasteiger partial charge in [0.25, 0.3) is 5.91 Å². The molecule has 4 N–H and O–H groups in total. The molecule has 1 saturated carbocycles. The van der Waals surface area contributed by atoms with E-state index >= 15 is 0 Å². The molecule has 1 aliphatic carbocycles. The second kappa shape index (κ2) is 14.7. The lowest BCUT2D eigenvalue weighted by molar-refractivity contribution is -0.138. The van der Waals surface area contributed by atoms with E-state index in [0.29, 0.717) is 60.3 Å². The molecule has 1 unspecified atom stereocenters. The number of carboxylic acids is 1. The summed E-state index contributed by atoms with van der Waals surface area (Å²) < 4.78 is 31.9. The van der Waals surface area contributed by atoms with Crippen LogP contribution in [-0.2, 0) is 43.7 Å². The summed E-state index contributed by atoms with van der Waals surface area (Å²) in [5, 5.41) is 18.3. The number of benzene rings is 3. The van der Waals surface area contributed by atoms with Crippen molar-refractivity contribution in [2.75, 3.05) is 17.7 Å². The zero-order chi connectivity index (χ0) is 37.2. The summed E-state index contributed by atoms with van der Waals surface area (Å²) in [5.41, 5.74) is 5.43. The number of nitrogens with zero attached hydrogens (tertiary/aromatic N) is 1. The zero-order valence-corrected chi connectivity index (χ0v) is 30.7. The van der Waals surface area contributed by atoms with E-state index in [0.717, 1.165) is 22.3 Å². The van der Waals surface area contributed by atoms with E-state index in [2.05, 4.69) is 16.0 Å². The number of fused-ring (bicyclic) bond motifs is 1. The molecule has 0 bridgehead atoms. The molecule has 0 radical (unpaired) electrons. The molecule has 0 saturated heterocycles. The Morgan fingerprint density at radius 1 is 1.02 bits per heavy atom. The van der Waals surface area contributed by atoms with E-state index in [1.54, 1.807) is 45.0 Å². The van der Waals surface area contributed by atoms with E-state index in [4.69, 9.17) is 4.74 Å². The van der Waals surface area contributed by atoms with Crippen molar-refractivity contribution >= 4 is 45.1 Å². The SMILES string of the molecule is Cc1cc(C(Nc2ccc3c(c2)C(=O)NC3)C(=O)O)cc(C)c1CCCC(=O)Nc1ccc(S(=O)(=O)C2CC2)c(CN(C)C(=O)OC(C)(C)C)c1. The number of carboxylic acid groups (broad SMARTS) is 1. The first-order valence-corrected chi connectivity index (χ1v) is 18.6. The van der Waals surface area contributed by atoms with Gasteiger partial charge in [-0.1, -0.05) is 18.2 Å². The third kappa shape index (κ3) is 9.07. The van der Waals surface area contributed by atoms with E-state index in [9.17, 15) is 32.7 Å².